The Labute approximate surface area is 136 Å². The maximum atomic E-state index is 13.3. The average Bonchev–Trinajstić information content (AvgIpc) is 3.29. The molecule has 23 heavy (non-hydrogen) atoms. The molecule has 1 aliphatic carbocycles. The molecule has 0 spiro atoms. The van der Waals surface area contributed by atoms with Crippen molar-refractivity contribution in [1.82, 2.24) is 14.9 Å². The van der Waals surface area contributed by atoms with Crippen LogP contribution in [0.1, 0.15) is 24.8 Å². The van der Waals surface area contributed by atoms with Crippen LogP contribution in [0, 0.1) is 5.82 Å². The van der Waals surface area contributed by atoms with Gasteiger partial charge in [-0.1, -0.05) is 12.1 Å². The highest BCUT2D eigenvalue weighted by atomic mass is 19.1. The third-order valence-corrected chi connectivity index (χ3v) is 4.71. The Morgan fingerprint density at radius 2 is 2.09 bits per heavy atom. The summed E-state index contributed by atoms with van der Waals surface area (Å²) in [5.41, 5.74) is 1.05. The largest absolute Gasteiger partial charge is 0.349 e. The van der Waals surface area contributed by atoms with Gasteiger partial charge < -0.3 is 4.90 Å². The monoisotopic (exact) mass is 312 g/mol. The molecule has 1 saturated carbocycles. The summed E-state index contributed by atoms with van der Waals surface area (Å²) in [7, 11) is 0. The van der Waals surface area contributed by atoms with Crippen molar-refractivity contribution in [3.63, 3.8) is 0 Å². The highest BCUT2D eigenvalue weighted by molar-refractivity contribution is 5.42. The summed E-state index contributed by atoms with van der Waals surface area (Å²) >= 11 is 0. The topological polar surface area (TPSA) is 32.3 Å². The summed E-state index contributed by atoms with van der Waals surface area (Å²) in [6, 6.07) is 10.1. The summed E-state index contributed by atoms with van der Waals surface area (Å²) in [6.07, 6.45) is 7.09. The van der Waals surface area contributed by atoms with Crippen molar-refractivity contribution in [2.75, 3.05) is 18.0 Å². The number of hydrogen-bond acceptors (Lipinski definition) is 4. The Bertz CT molecular complexity index is 659. The summed E-state index contributed by atoms with van der Waals surface area (Å²) in [5.74, 6) is 0.888. The highest BCUT2D eigenvalue weighted by Crippen LogP contribution is 2.34. The van der Waals surface area contributed by atoms with Gasteiger partial charge in [0.15, 0.2) is 0 Å². The normalized spacial score (nSPS) is 21.5. The van der Waals surface area contributed by atoms with Crippen LogP contribution in [0.25, 0.3) is 0 Å². The number of rotatable bonds is 5. The van der Waals surface area contributed by atoms with Gasteiger partial charge in [0.1, 0.15) is 18.0 Å². The predicted molar refractivity (Wildman–Crippen MR) is 87.6 cm³/mol. The smallest absolute Gasteiger partial charge is 0.132 e. The highest BCUT2D eigenvalue weighted by Gasteiger charge is 2.37. The van der Waals surface area contributed by atoms with Crippen LogP contribution in [-0.4, -0.2) is 40.0 Å². The molecule has 2 fully saturated rings. The second-order valence-electron chi connectivity index (χ2n) is 6.51. The standard InChI is InChI=1S/C18H21FN4/c19-15-3-1-2-14(10-15)11-22-9-7-17(12-22)23(16-4-5-16)18-6-8-20-13-21-18/h1-3,6,8,10,13,16-17H,4-5,7,9,11-12H2. The van der Waals surface area contributed by atoms with Gasteiger partial charge in [0, 0.05) is 37.9 Å². The van der Waals surface area contributed by atoms with Crippen molar-refractivity contribution in [2.24, 2.45) is 0 Å². The van der Waals surface area contributed by atoms with Crippen LogP contribution >= 0.6 is 0 Å². The molecule has 1 aromatic heterocycles. The molecule has 0 N–H and O–H groups in total. The molecule has 4 nitrogen and oxygen atoms in total. The van der Waals surface area contributed by atoms with Gasteiger partial charge >= 0.3 is 0 Å². The van der Waals surface area contributed by atoms with Crippen LogP contribution in [0.5, 0.6) is 0 Å². The molecule has 120 valence electrons. The van der Waals surface area contributed by atoms with Crippen LogP contribution in [-0.2, 0) is 6.54 Å². The van der Waals surface area contributed by atoms with E-state index in [2.05, 4.69) is 19.8 Å². The molecule has 5 heteroatoms. The number of aromatic nitrogens is 2. The van der Waals surface area contributed by atoms with Crippen molar-refractivity contribution in [2.45, 2.75) is 37.9 Å². The van der Waals surface area contributed by atoms with Crippen LogP contribution < -0.4 is 4.90 Å². The van der Waals surface area contributed by atoms with E-state index in [9.17, 15) is 4.39 Å². The van der Waals surface area contributed by atoms with Gasteiger partial charge in [0.25, 0.3) is 0 Å². The van der Waals surface area contributed by atoms with E-state index in [1.165, 1.54) is 18.9 Å². The maximum absolute atomic E-state index is 13.3. The van der Waals surface area contributed by atoms with Crippen LogP contribution in [0.15, 0.2) is 42.9 Å². The van der Waals surface area contributed by atoms with Crippen molar-refractivity contribution < 1.29 is 4.39 Å². The second kappa shape index (κ2) is 6.24. The van der Waals surface area contributed by atoms with Gasteiger partial charge in [0.2, 0.25) is 0 Å². The van der Waals surface area contributed by atoms with E-state index in [-0.39, 0.29) is 5.82 Å². The number of benzene rings is 1. The molecule has 2 aromatic rings. The minimum atomic E-state index is -0.154. The van der Waals surface area contributed by atoms with E-state index in [1.54, 1.807) is 18.5 Å². The summed E-state index contributed by atoms with van der Waals surface area (Å²) in [4.78, 5) is 13.4. The molecular formula is C18H21FN4. The third-order valence-electron chi connectivity index (χ3n) is 4.71. The van der Waals surface area contributed by atoms with Gasteiger partial charge in [-0.2, -0.15) is 0 Å². The Morgan fingerprint density at radius 3 is 2.83 bits per heavy atom. The first-order chi connectivity index (χ1) is 11.3. The van der Waals surface area contributed by atoms with Gasteiger partial charge in [-0.25, -0.2) is 14.4 Å². The quantitative estimate of drug-likeness (QED) is 0.850. The lowest BCUT2D eigenvalue weighted by atomic mass is 10.2. The van der Waals surface area contributed by atoms with E-state index < -0.39 is 0 Å². The first-order valence-corrected chi connectivity index (χ1v) is 8.31. The van der Waals surface area contributed by atoms with Gasteiger partial charge in [-0.15, -0.1) is 0 Å². The van der Waals surface area contributed by atoms with Gasteiger partial charge in [-0.05, 0) is 43.0 Å². The molecule has 0 radical (unpaired) electrons. The van der Waals surface area contributed by atoms with E-state index in [4.69, 9.17) is 0 Å². The Kier molecular flexibility index (Phi) is 3.95. The fraction of sp³-hybridized carbons (Fsp3) is 0.444. The molecule has 2 aliphatic rings. The van der Waals surface area contributed by atoms with E-state index in [0.717, 1.165) is 37.4 Å². The first-order valence-electron chi connectivity index (χ1n) is 8.31. The SMILES string of the molecule is Fc1cccc(CN2CCC(N(c3ccncn3)C3CC3)C2)c1. The molecule has 1 atom stereocenters. The lowest BCUT2D eigenvalue weighted by molar-refractivity contribution is 0.324. The Hall–Kier alpha value is -2.01. The third kappa shape index (κ3) is 3.34. The zero-order valence-corrected chi connectivity index (χ0v) is 13.1. The average molecular weight is 312 g/mol. The minimum Gasteiger partial charge on any atom is -0.349 e. The first kappa shape index (κ1) is 14.6. The molecule has 1 aliphatic heterocycles. The zero-order valence-electron chi connectivity index (χ0n) is 13.1. The lowest BCUT2D eigenvalue weighted by Gasteiger charge is -2.30. The Balaban J connectivity index is 1.44. The maximum Gasteiger partial charge on any atom is 0.132 e. The molecule has 0 bridgehead atoms. The summed E-state index contributed by atoms with van der Waals surface area (Å²) < 4.78 is 13.3. The number of nitrogens with zero attached hydrogens (tertiary/aromatic N) is 4. The molecule has 1 aromatic carbocycles. The van der Waals surface area contributed by atoms with Crippen molar-refractivity contribution in [3.8, 4) is 0 Å². The fourth-order valence-corrected chi connectivity index (χ4v) is 3.54. The van der Waals surface area contributed by atoms with Crippen molar-refractivity contribution in [1.29, 1.82) is 0 Å². The summed E-state index contributed by atoms with van der Waals surface area (Å²) in [6.45, 7) is 2.88. The van der Waals surface area contributed by atoms with Crippen LogP contribution in [0.3, 0.4) is 0 Å². The number of anilines is 1. The molecule has 1 saturated heterocycles. The number of likely N-dealkylation sites (tertiary alicyclic amines) is 1. The van der Waals surface area contributed by atoms with E-state index in [0.29, 0.717) is 12.1 Å². The molecular weight excluding hydrogens is 291 g/mol. The van der Waals surface area contributed by atoms with Crippen molar-refractivity contribution in [3.05, 3.63) is 54.2 Å². The lowest BCUT2D eigenvalue weighted by Crippen LogP contribution is -2.39. The predicted octanol–water partition coefficient (Wildman–Crippen LogP) is 2.86. The van der Waals surface area contributed by atoms with E-state index >= 15 is 0 Å². The second-order valence-corrected chi connectivity index (χ2v) is 6.51. The fourth-order valence-electron chi connectivity index (χ4n) is 3.54. The minimum absolute atomic E-state index is 0.154. The van der Waals surface area contributed by atoms with E-state index in [1.807, 2.05) is 18.3 Å². The number of hydrogen-bond donors (Lipinski definition) is 0. The molecule has 2 heterocycles. The van der Waals surface area contributed by atoms with Gasteiger partial charge in [-0.3, -0.25) is 4.90 Å². The van der Waals surface area contributed by atoms with Crippen molar-refractivity contribution >= 4 is 5.82 Å². The number of halogens is 1. The molecule has 1 unspecified atom stereocenters. The van der Waals surface area contributed by atoms with Crippen LogP contribution in [0.4, 0.5) is 10.2 Å². The summed E-state index contributed by atoms with van der Waals surface area (Å²) in [5, 5.41) is 0. The van der Waals surface area contributed by atoms with Crippen LogP contribution in [0.2, 0.25) is 0 Å². The molecule has 0 amide bonds. The molecule has 4 rings (SSSR count). The zero-order chi connectivity index (χ0) is 15.6. The Morgan fingerprint density at radius 1 is 1.17 bits per heavy atom. The van der Waals surface area contributed by atoms with Gasteiger partial charge in [0.05, 0.1) is 0 Å².